The van der Waals surface area contributed by atoms with Crippen LogP contribution in [0.5, 0.6) is 5.75 Å². The number of ketones is 1. The van der Waals surface area contributed by atoms with Crippen LogP contribution >= 0.6 is 23.4 Å². The molecule has 0 aliphatic heterocycles. The molecule has 5 nitrogen and oxygen atoms in total. The number of hydrogen-bond donors (Lipinski definition) is 0. The second kappa shape index (κ2) is 10.2. The van der Waals surface area contributed by atoms with Crippen molar-refractivity contribution in [2.75, 3.05) is 5.75 Å². The number of carbonyl (C=O) groups is 1. The van der Waals surface area contributed by atoms with E-state index in [2.05, 4.69) is 28.9 Å². The van der Waals surface area contributed by atoms with Crippen molar-refractivity contribution in [1.29, 1.82) is 0 Å². The summed E-state index contributed by atoms with van der Waals surface area (Å²) >= 11 is 7.26. The third kappa shape index (κ3) is 5.38. The van der Waals surface area contributed by atoms with Gasteiger partial charge in [0, 0.05) is 17.1 Å². The SMILES string of the molecule is C=CCn1c(COc2ccc3c(c2)CCCC3)nnc1SCC(=O)c1ccc(Cl)cc1. The number of Topliss-reactive ketones (excluding diaryl/α,β-unsaturated/α-hetero) is 1. The standard InChI is InChI=1S/C24H24ClN3O2S/c1-2-13-28-23(15-30-21-12-9-17-5-3-4-6-19(17)14-21)26-27-24(28)31-16-22(29)18-7-10-20(25)11-8-18/h2,7-12,14H,1,3-6,13,15-16H2. The van der Waals surface area contributed by atoms with E-state index in [9.17, 15) is 4.79 Å². The summed E-state index contributed by atoms with van der Waals surface area (Å²) in [4.78, 5) is 12.5. The van der Waals surface area contributed by atoms with E-state index in [4.69, 9.17) is 16.3 Å². The quantitative estimate of drug-likeness (QED) is 0.241. The highest BCUT2D eigenvalue weighted by molar-refractivity contribution is 7.99. The lowest BCUT2D eigenvalue weighted by Gasteiger charge is -2.16. The first kappa shape index (κ1) is 21.7. The molecule has 0 amide bonds. The molecule has 160 valence electrons. The van der Waals surface area contributed by atoms with Crippen LogP contribution in [-0.2, 0) is 26.0 Å². The molecule has 0 N–H and O–H groups in total. The van der Waals surface area contributed by atoms with Gasteiger partial charge in [-0.05, 0) is 73.2 Å². The number of allylic oxidation sites excluding steroid dienone is 1. The van der Waals surface area contributed by atoms with Crippen LogP contribution in [0.4, 0.5) is 0 Å². The summed E-state index contributed by atoms with van der Waals surface area (Å²) in [5.41, 5.74) is 3.44. The fourth-order valence-corrected chi connectivity index (χ4v) is 4.63. The van der Waals surface area contributed by atoms with Crippen molar-refractivity contribution in [2.45, 2.75) is 44.0 Å². The zero-order valence-corrected chi connectivity index (χ0v) is 18.8. The van der Waals surface area contributed by atoms with Crippen molar-refractivity contribution < 1.29 is 9.53 Å². The highest BCUT2D eigenvalue weighted by Crippen LogP contribution is 2.26. The van der Waals surface area contributed by atoms with Crippen LogP contribution in [0.2, 0.25) is 5.02 Å². The Morgan fingerprint density at radius 2 is 1.90 bits per heavy atom. The number of rotatable bonds is 9. The van der Waals surface area contributed by atoms with Gasteiger partial charge in [0.25, 0.3) is 0 Å². The summed E-state index contributed by atoms with van der Waals surface area (Å²) in [7, 11) is 0. The number of ether oxygens (including phenoxy) is 1. The van der Waals surface area contributed by atoms with E-state index in [1.807, 2.05) is 10.6 Å². The minimum absolute atomic E-state index is 0.0154. The first-order valence-electron chi connectivity index (χ1n) is 10.3. The summed E-state index contributed by atoms with van der Waals surface area (Å²) in [6.45, 7) is 4.69. The van der Waals surface area contributed by atoms with Crippen LogP contribution < -0.4 is 4.74 Å². The molecule has 0 fully saturated rings. The normalized spacial score (nSPS) is 12.9. The predicted octanol–water partition coefficient (Wildman–Crippen LogP) is 5.55. The number of nitrogens with zero attached hydrogens (tertiary/aromatic N) is 3. The molecule has 2 aromatic carbocycles. The van der Waals surface area contributed by atoms with Crippen LogP contribution in [-0.4, -0.2) is 26.3 Å². The average Bonchev–Trinajstić information content (AvgIpc) is 3.18. The molecule has 1 heterocycles. The Labute approximate surface area is 191 Å². The van der Waals surface area contributed by atoms with Crippen molar-refractivity contribution >= 4 is 29.1 Å². The number of halogens is 1. The van der Waals surface area contributed by atoms with Gasteiger partial charge in [-0.1, -0.05) is 35.5 Å². The van der Waals surface area contributed by atoms with Gasteiger partial charge in [0.1, 0.15) is 12.4 Å². The minimum atomic E-state index is 0.0154. The lowest BCUT2D eigenvalue weighted by atomic mass is 9.92. The smallest absolute Gasteiger partial charge is 0.192 e. The van der Waals surface area contributed by atoms with Crippen molar-refractivity contribution in [3.63, 3.8) is 0 Å². The second-order valence-corrected chi connectivity index (χ2v) is 8.82. The fraction of sp³-hybridized carbons (Fsp3) is 0.292. The van der Waals surface area contributed by atoms with Crippen LogP contribution in [0, 0.1) is 0 Å². The Hall–Kier alpha value is -2.57. The molecule has 0 bridgehead atoms. The lowest BCUT2D eigenvalue weighted by Crippen LogP contribution is -2.09. The number of hydrogen-bond acceptors (Lipinski definition) is 5. The topological polar surface area (TPSA) is 57.0 Å². The van der Waals surface area contributed by atoms with E-state index < -0.39 is 0 Å². The molecule has 4 rings (SSSR count). The molecular weight excluding hydrogens is 430 g/mol. The van der Waals surface area contributed by atoms with Gasteiger partial charge in [0.05, 0.1) is 5.75 Å². The minimum Gasteiger partial charge on any atom is -0.486 e. The second-order valence-electron chi connectivity index (χ2n) is 7.44. The van der Waals surface area contributed by atoms with E-state index in [0.717, 1.165) is 18.6 Å². The number of aryl methyl sites for hydroxylation is 2. The van der Waals surface area contributed by atoms with Gasteiger partial charge in [0.15, 0.2) is 16.8 Å². The molecule has 7 heteroatoms. The van der Waals surface area contributed by atoms with Crippen LogP contribution in [0.3, 0.4) is 0 Å². The zero-order chi connectivity index (χ0) is 21.6. The Bertz CT molecular complexity index is 1080. The summed E-state index contributed by atoms with van der Waals surface area (Å²) < 4.78 is 7.95. The Morgan fingerprint density at radius 1 is 1.13 bits per heavy atom. The molecule has 1 aromatic heterocycles. The maximum atomic E-state index is 12.5. The van der Waals surface area contributed by atoms with Gasteiger partial charge in [-0.2, -0.15) is 0 Å². The first-order valence-corrected chi connectivity index (χ1v) is 11.7. The van der Waals surface area contributed by atoms with E-state index in [0.29, 0.717) is 34.7 Å². The number of fused-ring (bicyclic) bond motifs is 1. The Balaban J connectivity index is 1.41. The molecule has 31 heavy (non-hydrogen) atoms. The van der Waals surface area contributed by atoms with E-state index in [1.165, 1.54) is 35.7 Å². The summed E-state index contributed by atoms with van der Waals surface area (Å²) in [5, 5.41) is 9.84. The Morgan fingerprint density at radius 3 is 2.68 bits per heavy atom. The molecule has 3 aromatic rings. The van der Waals surface area contributed by atoms with Crippen LogP contribution in [0.15, 0.2) is 60.3 Å². The first-order chi connectivity index (χ1) is 15.1. The van der Waals surface area contributed by atoms with Gasteiger partial charge in [0.2, 0.25) is 0 Å². The lowest BCUT2D eigenvalue weighted by molar-refractivity contribution is 0.102. The summed E-state index contributed by atoms with van der Waals surface area (Å²) in [6, 6.07) is 13.2. The molecular formula is C24H24ClN3O2S. The molecule has 0 saturated carbocycles. The molecule has 1 aliphatic carbocycles. The number of thioether (sulfide) groups is 1. The molecule has 0 radical (unpaired) electrons. The van der Waals surface area contributed by atoms with Gasteiger partial charge in [-0.15, -0.1) is 16.8 Å². The number of carbonyl (C=O) groups excluding carboxylic acids is 1. The zero-order valence-electron chi connectivity index (χ0n) is 17.2. The van der Waals surface area contributed by atoms with Gasteiger partial charge in [-0.3, -0.25) is 9.36 Å². The highest BCUT2D eigenvalue weighted by Gasteiger charge is 2.16. The maximum absolute atomic E-state index is 12.5. The Kier molecular flexibility index (Phi) is 7.10. The molecule has 0 unspecified atom stereocenters. The van der Waals surface area contributed by atoms with E-state index in [1.54, 1.807) is 30.3 Å². The molecule has 0 saturated heterocycles. The monoisotopic (exact) mass is 453 g/mol. The van der Waals surface area contributed by atoms with Crippen molar-refractivity contribution in [1.82, 2.24) is 14.8 Å². The largest absolute Gasteiger partial charge is 0.486 e. The number of benzene rings is 2. The molecule has 0 spiro atoms. The van der Waals surface area contributed by atoms with E-state index in [-0.39, 0.29) is 11.5 Å². The van der Waals surface area contributed by atoms with Gasteiger partial charge >= 0.3 is 0 Å². The van der Waals surface area contributed by atoms with Crippen LogP contribution in [0.1, 0.15) is 40.2 Å². The maximum Gasteiger partial charge on any atom is 0.192 e. The third-order valence-electron chi connectivity index (χ3n) is 5.29. The van der Waals surface area contributed by atoms with Crippen molar-refractivity contribution in [3.8, 4) is 5.75 Å². The average molecular weight is 454 g/mol. The van der Waals surface area contributed by atoms with Gasteiger partial charge < -0.3 is 4.74 Å². The third-order valence-corrected chi connectivity index (χ3v) is 6.51. The van der Waals surface area contributed by atoms with Crippen molar-refractivity contribution in [3.05, 3.63) is 82.7 Å². The fourth-order valence-electron chi connectivity index (χ4n) is 3.64. The van der Waals surface area contributed by atoms with Crippen LogP contribution in [0.25, 0.3) is 0 Å². The molecule has 1 aliphatic rings. The van der Waals surface area contributed by atoms with Crippen molar-refractivity contribution in [2.24, 2.45) is 0 Å². The molecule has 0 atom stereocenters. The van der Waals surface area contributed by atoms with Gasteiger partial charge in [-0.25, -0.2) is 0 Å². The highest BCUT2D eigenvalue weighted by atomic mass is 35.5. The summed E-state index contributed by atoms with van der Waals surface area (Å²) in [5.74, 6) is 1.84. The number of aromatic nitrogens is 3. The summed E-state index contributed by atoms with van der Waals surface area (Å²) in [6.07, 6.45) is 6.55. The van der Waals surface area contributed by atoms with E-state index >= 15 is 0 Å². The predicted molar refractivity (Wildman–Crippen MR) is 124 cm³/mol.